The molecule has 3 atom stereocenters. The topological polar surface area (TPSA) is 157 Å². The van der Waals surface area contributed by atoms with Crippen LogP contribution in [0.1, 0.15) is 39.3 Å². The first kappa shape index (κ1) is 25.7. The molecule has 0 aliphatic carbocycles. The number of carbonyl (C=O) groups is 1. The molecule has 11 nitrogen and oxygen atoms in total. The first-order chi connectivity index (χ1) is 15.9. The van der Waals surface area contributed by atoms with Crippen LogP contribution in [0.3, 0.4) is 0 Å². The maximum absolute atomic E-state index is 13.8. The number of aromatic nitrogens is 4. The number of fused-ring (bicyclic) bond motifs is 1. The van der Waals surface area contributed by atoms with Gasteiger partial charge in [0, 0.05) is 6.04 Å². The molecular formula is C21H29FN7O4P. The fourth-order valence-electron chi connectivity index (χ4n) is 3.36. The van der Waals surface area contributed by atoms with Crippen LogP contribution in [0, 0.1) is 5.82 Å². The van der Waals surface area contributed by atoms with E-state index in [-0.39, 0.29) is 12.2 Å². The number of benzene rings is 1. The lowest BCUT2D eigenvalue weighted by molar-refractivity contribution is -0.142. The van der Waals surface area contributed by atoms with Gasteiger partial charge in [0.15, 0.2) is 11.5 Å². The average Bonchev–Trinajstić information content (AvgIpc) is 3.16. The maximum Gasteiger partial charge on any atom is 0.323 e. The van der Waals surface area contributed by atoms with E-state index in [0.29, 0.717) is 23.3 Å². The number of carboxylic acid groups (broad SMARTS) is 1. The number of nitrogens with zero attached hydrogens (tertiary/aromatic N) is 4. The summed E-state index contributed by atoms with van der Waals surface area (Å²) in [4.78, 5) is 24.0. The van der Waals surface area contributed by atoms with Crippen molar-refractivity contribution in [1.29, 1.82) is 0 Å². The lowest BCUT2D eigenvalue weighted by Crippen LogP contribution is -2.47. The Morgan fingerprint density at radius 1 is 1.32 bits per heavy atom. The highest BCUT2D eigenvalue weighted by Crippen LogP contribution is 2.42. The minimum absolute atomic E-state index is 0.262. The van der Waals surface area contributed by atoms with Gasteiger partial charge in [-0.1, -0.05) is 12.1 Å². The maximum atomic E-state index is 13.8. The number of aliphatic carboxylic acids is 1. The molecule has 0 aliphatic heterocycles. The van der Waals surface area contributed by atoms with Gasteiger partial charge in [-0.25, -0.2) is 29.5 Å². The third-order valence-electron chi connectivity index (χ3n) is 5.17. The molecule has 0 amide bonds. The second-order valence-corrected chi connectivity index (χ2v) is 10.8. The Bertz CT molecular complexity index is 1220. The SMILES string of the molecule is CC(Cn1cnc2c(N)ncnc21)OCP(=O)(N[C@@H](C)c1cccc(F)c1)NC(C)(C)C(=O)O. The van der Waals surface area contributed by atoms with Gasteiger partial charge in [-0.2, -0.15) is 0 Å². The molecule has 1 aromatic carbocycles. The van der Waals surface area contributed by atoms with Crippen LogP contribution in [0.25, 0.3) is 11.2 Å². The number of imidazole rings is 1. The zero-order valence-electron chi connectivity index (χ0n) is 19.4. The van der Waals surface area contributed by atoms with Gasteiger partial charge in [-0.3, -0.25) is 9.36 Å². The summed E-state index contributed by atoms with van der Waals surface area (Å²) in [6, 6.07) is 5.33. The van der Waals surface area contributed by atoms with E-state index in [1.54, 1.807) is 36.9 Å². The van der Waals surface area contributed by atoms with Gasteiger partial charge in [0.25, 0.3) is 0 Å². The van der Waals surface area contributed by atoms with Crippen LogP contribution >= 0.6 is 7.44 Å². The van der Waals surface area contributed by atoms with Crippen molar-refractivity contribution >= 4 is 30.4 Å². The second-order valence-electron chi connectivity index (χ2n) is 8.62. The molecule has 184 valence electrons. The number of ether oxygens (including phenoxy) is 1. The normalized spacial score (nSPS) is 15.7. The van der Waals surface area contributed by atoms with Crippen molar-refractivity contribution in [3.8, 4) is 0 Å². The summed E-state index contributed by atoms with van der Waals surface area (Å²) < 4.78 is 35.1. The van der Waals surface area contributed by atoms with Crippen molar-refractivity contribution in [3.63, 3.8) is 0 Å². The molecule has 0 saturated heterocycles. The van der Waals surface area contributed by atoms with Crippen LogP contribution in [0.2, 0.25) is 0 Å². The molecule has 3 rings (SSSR count). The highest BCUT2D eigenvalue weighted by atomic mass is 31.2. The number of rotatable bonds is 11. The number of hydrogen-bond acceptors (Lipinski definition) is 7. The van der Waals surface area contributed by atoms with Crippen molar-refractivity contribution in [2.45, 2.75) is 51.9 Å². The highest BCUT2D eigenvalue weighted by molar-refractivity contribution is 7.59. The number of nitrogen functional groups attached to an aromatic ring is 1. The van der Waals surface area contributed by atoms with Gasteiger partial charge < -0.3 is 20.1 Å². The monoisotopic (exact) mass is 493 g/mol. The summed E-state index contributed by atoms with van der Waals surface area (Å²) >= 11 is 0. The van der Waals surface area contributed by atoms with E-state index in [1.807, 2.05) is 0 Å². The number of hydrogen-bond donors (Lipinski definition) is 4. The van der Waals surface area contributed by atoms with Gasteiger partial charge in [0.05, 0.1) is 19.0 Å². The molecule has 0 fully saturated rings. The molecule has 2 heterocycles. The fraction of sp³-hybridized carbons (Fsp3) is 0.429. The van der Waals surface area contributed by atoms with E-state index < -0.39 is 36.9 Å². The summed E-state index contributed by atoms with van der Waals surface area (Å²) in [7, 11) is -3.63. The first-order valence-electron chi connectivity index (χ1n) is 10.6. The van der Waals surface area contributed by atoms with Crippen molar-refractivity contribution in [3.05, 3.63) is 48.3 Å². The highest BCUT2D eigenvalue weighted by Gasteiger charge is 2.37. The largest absolute Gasteiger partial charge is 0.480 e. The molecule has 2 unspecified atom stereocenters. The summed E-state index contributed by atoms with van der Waals surface area (Å²) in [5.74, 6) is -1.35. The quantitative estimate of drug-likeness (QED) is 0.293. The third kappa shape index (κ3) is 6.15. The third-order valence-corrected chi connectivity index (χ3v) is 7.41. The number of halogens is 1. The van der Waals surface area contributed by atoms with Crippen LogP contribution in [0.4, 0.5) is 10.2 Å². The minimum atomic E-state index is -3.63. The Morgan fingerprint density at radius 3 is 2.74 bits per heavy atom. The van der Waals surface area contributed by atoms with Crippen LogP contribution in [0.15, 0.2) is 36.9 Å². The Hall–Kier alpha value is -2.92. The van der Waals surface area contributed by atoms with Gasteiger partial charge in [0.2, 0.25) is 7.44 Å². The van der Waals surface area contributed by atoms with Crippen LogP contribution in [0.5, 0.6) is 0 Å². The lowest BCUT2D eigenvalue weighted by Gasteiger charge is -2.32. The zero-order chi connectivity index (χ0) is 25.1. The molecule has 0 aliphatic rings. The number of nitrogens with one attached hydrogen (secondary N) is 2. The van der Waals surface area contributed by atoms with E-state index >= 15 is 0 Å². The van der Waals surface area contributed by atoms with E-state index in [4.69, 9.17) is 10.5 Å². The van der Waals surface area contributed by atoms with Crippen molar-refractivity contribution in [2.75, 3.05) is 12.1 Å². The molecular weight excluding hydrogens is 464 g/mol. The summed E-state index contributed by atoms with van der Waals surface area (Å²) in [6.45, 7) is 6.62. The van der Waals surface area contributed by atoms with E-state index in [9.17, 15) is 18.9 Å². The molecule has 13 heteroatoms. The van der Waals surface area contributed by atoms with E-state index in [1.165, 1.54) is 32.3 Å². The Balaban J connectivity index is 1.75. The molecule has 0 saturated carbocycles. The first-order valence-corrected chi connectivity index (χ1v) is 12.5. The molecule has 2 aromatic heterocycles. The van der Waals surface area contributed by atoms with Crippen molar-refractivity contribution in [1.82, 2.24) is 29.7 Å². The summed E-state index contributed by atoms with van der Waals surface area (Å²) in [6.07, 6.45) is 2.15. The molecule has 0 bridgehead atoms. The number of carboxylic acids is 1. The van der Waals surface area contributed by atoms with E-state index in [2.05, 4.69) is 25.1 Å². The minimum Gasteiger partial charge on any atom is -0.480 e. The van der Waals surface area contributed by atoms with Crippen molar-refractivity contribution in [2.24, 2.45) is 0 Å². The van der Waals surface area contributed by atoms with Crippen molar-refractivity contribution < 1.29 is 23.6 Å². The van der Waals surface area contributed by atoms with Gasteiger partial charge in [-0.05, 0) is 45.4 Å². The average molecular weight is 493 g/mol. The molecule has 0 radical (unpaired) electrons. The van der Waals surface area contributed by atoms with Gasteiger partial charge in [0.1, 0.15) is 29.5 Å². The van der Waals surface area contributed by atoms with Crippen LogP contribution in [-0.2, 0) is 20.6 Å². The second kappa shape index (κ2) is 10.1. The molecule has 34 heavy (non-hydrogen) atoms. The van der Waals surface area contributed by atoms with Gasteiger partial charge in [-0.15, -0.1) is 0 Å². The fourth-order valence-corrected chi connectivity index (χ4v) is 5.80. The summed E-state index contributed by atoms with van der Waals surface area (Å²) in [5, 5.41) is 15.2. The van der Waals surface area contributed by atoms with Gasteiger partial charge >= 0.3 is 5.97 Å². The molecule has 0 spiro atoms. The molecule has 3 aromatic rings. The lowest BCUT2D eigenvalue weighted by atomic mass is 10.1. The number of anilines is 1. The zero-order valence-corrected chi connectivity index (χ0v) is 20.3. The Kier molecular flexibility index (Phi) is 7.67. The smallest absolute Gasteiger partial charge is 0.323 e. The predicted octanol–water partition coefficient (Wildman–Crippen LogP) is 2.91. The summed E-state index contributed by atoms with van der Waals surface area (Å²) in [5.41, 5.74) is 5.88. The molecule has 5 N–H and O–H groups in total. The van der Waals surface area contributed by atoms with E-state index in [0.717, 1.165) is 0 Å². The Morgan fingerprint density at radius 2 is 2.06 bits per heavy atom. The van der Waals surface area contributed by atoms with Crippen LogP contribution in [-0.4, -0.2) is 48.6 Å². The predicted molar refractivity (Wildman–Crippen MR) is 126 cm³/mol. The van der Waals surface area contributed by atoms with Crippen LogP contribution < -0.4 is 15.9 Å². The number of nitrogens with two attached hydrogens (primary N) is 1. The Labute approximate surface area is 196 Å². The standard InChI is InChI=1S/C21H29FN7O4P/c1-13(9-29-11-26-17-18(23)24-10-25-19(17)29)33-12-34(32,28-21(3,4)20(30)31)27-14(2)15-6-5-7-16(22)8-15/h5-8,10-11,13-14H,9,12H2,1-4H3,(H,30,31)(H2,23,24,25)(H2,27,28,32)/t13?,14-,34?/m0/s1.